The van der Waals surface area contributed by atoms with Crippen LogP contribution in [0.1, 0.15) is 36.5 Å². The first kappa shape index (κ1) is 23.2. The van der Waals surface area contributed by atoms with E-state index in [9.17, 15) is 0 Å². The second-order valence-corrected chi connectivity index (χ2v) is 8.25. The molecule has 2 bridgehead atoms. The standard InChI is InChI=1S/C25H23N3S.C3H6/c1-4-18(2)25-26-14-11-23(27-25)28-15-12-20-13-16-29-24(20)21-9-7-5-6-8-10-22(28)19(3)17-21;1-3-2/h4,6-17,19H,1-2,5H2,3H3;3H,1H2,2H3/b8-6-,9-7-,15-12+,21-17+,22-10+;. The molecule has 0 saturated carbocycles. The van der Waals surface area contributed by atoms with Gasteiger partial charge in [-0.3, -0.25) is 0 Å². The lowest BCUT2D eigenvalue weighted by atomic mass is 9.99. The molecule has 1 atom stereocenters. The van der Waals surface area contributed by atoms with E-state index in [1.807, 2.05) is 13.0 Å². The van der Waals surface area contributed by atoms with Crippen molar-refractivity contribution in [2.75, 3.05) is 4.90 Å². The maximum absolute atomic E-state index is 4.76. The van der Waals surface area contributed by atoms with Crippen LogP contribution >= 0.6 is 11.3 Å². The SMILES string of the molecule is C=CC.C=CC(=C)c1nccc(N2/C=C/c3ccsc3C3=C/C(C)/C2=C\C=C/C/C=C\3)n1. The van der Waals surface area contributed by atoms with E-state index in [-0.39, 0.29) is 5.92 Å². The number of rotatable bonds is 3. The van der Waals surface area contributed by atoms with Crippen LogP contribution in [0.4, 0.5) is 5.82 Å². The van der Waals surface area contributed by atoms with Crippen molar-refractivity contribution in [3.63, 3.8) is 0 Å². The normalized spacial score (nSPS) is 23.2. The van der Waals surface area contributed by atoms with Gasteiger partial charge in [-0.05, 0) is 54.1 Å². The summed E-state index contributed by atoms with van der Waals surface area (Å²) in [6, 6.07) is 4.09. The minimum Gasteiger partial charge on any atom is -0.305 e. The summed E-state index contributed by atoms with van der Waals surface area (Å²) >= 11 is 1.78. The number of allylic oxidation sites excluding steroid dienone is 10. The summed E-state index contributed by atoms with van der Waals surface area (Å²) in [7, 11) is 0. The van der Waals surface area contributed by atoms with Gasteiger partial charge >= 0.3 is 0 Å². The molecule has 3 nitrogen and oxygen atoms in total. The molecule has 2 aromatic heterocycles. The van der Waals surface area contributed by atoms with E-state index in [1.165, 1.54) is 16.0 Å². The molecule has 1 aliphatic carbocycles. The highest BCUT2D eigenvalue weighted by atomic mass is 32.1. The number of hydrogen-bond donors (Lipinski definition) is 0. The van der Waals surface area contributed by atoms with Gasteiger partial charge in [0.2, 0.25) is 0 Å². The zero-order valence-electron chi connectivity index (χ0n) is 18.7. The number of hydrogen-bond acceptors (Lipinski definition) is 4. The minimum absolute atomic E-state index is 0.191. The molecule has 1 aliphatic heterocycles. The van der Waals surface area contributed by atoms with Gasteiger partial charge in [0.1, 0.15) is 5.82 Å². The molecule has 1 unspecified atom stereocenters. The fourth-order valence-electron chi connectivity index (χ4n) is 3.40. The van der Waals surface area contributed by atoms with E-state index >= 15 is 0 Å². The molecule has 32 heavy (non-hydrogen) atoms. The molecule has 0 fully saturated rings. The Morgan fingerprint density at radius 3 is 2.81 bits per heavy atom. The van der Waals surface area contributed by atoms with Crippen molar-refractivity contribution >= 4 is 34.4 Å². The Balaban J connectivity index is 0.000000913. The molecule has 0 radical (unpaired) electrons. The average molecular weight is 440 g/mol. The van der Waals surface area contributed by atoms with E-state index in [2.05, 4.69) is 96.7 Å². The van der Waals surface area contributed by atoms with Crippen molar-refractivity contribution < 1.29 is 0 Å². The topological polar surface area (TPSA) is 29.0 Å². The zero-order valence-corrected chi connectivity index (χ0v) is 19.6. The molecular weight excluding hydrogens is 410 g/mol. The maximum atomic E-state index is 4.76. The fourth-order valence-corrected chi connectivity index (χ4v) is 4.29. The Morgan fingerprint density at radius 2 is 2.03 bits per heavy atom. The van der Waals surface area contributed by atoms with Gasteiger partial charge in [-0.1, -0.05) is 62.6 Å². The highest BCUT2D eigenvalue weighted by Gasteiger charge is 2.20. The maximum Gasteiger partial charge on any atom is 0.160 e. The van der Waals surface area contributed by atoms with Gasteiger partial charge in [0, 0.05) is 34.5 Å². The molecule has 0 aromatic carbocycles. The number of aromatic nitrogens is 2. The number of anilines is 1. The van der Waals surface area contributed by atoms with Gasteiger partial charge in [-0.15, -0.1) is 17.9 Å². The van der Waals surface area contributed by atoms with E-state index in [1.54, 1.807) is 29.7 Å². The second-order valence-electron chi connectivity index (χ2n) is 7.34. The fraction of sp³-hybridized carbons (Fsp3) is 0.143. The molecule has 162 valence electrons. The molecule has 2 aromatic rings. The third-order valence-electron chi connectivity index (χ3n) is 4.93. The van der Waals surface area contributed by atoms with Gasteiger partial charge in [0.25, 0.3) is 0 Å². The molecule has 4 rings (SSSR count). The lowest BCUT2D eigenvalue weighted by molar-refractivity contribution is 0.820. The summed E-state index contributed by atoms with van der Waals surface area (Å²) in [5.41, 5.74) is 4.33. The van der Waals surface area contributed by atoms with Crippen LogP contribution in [0.25, 0.3) is 17.2 Å². The highest BCUT2D eigenvalue weighted by molar-refractivity contribution is 7.11. The van der Waals surface area contributed by atoms with Gasteiger partial charge in [0.05, 0.1) is 0 Å². The van der Waals surface area contributed by atoms with Crippen molar-refractivity contribution in [2.24, 2.45) is 5.92 Å². The molecular formula is C28H29N3S. The Hall–Kier alpha value is -3.50. The van der Waals surface area contributed by atoms with Crippen LogP contribution in [0.15, 0.2) is 104 Å². The molecule has 3 heterocycles. The molecule has 0 saturated heterocycles. The first-order chi connectivity index (χ1) is 15.6. The summed E-state index contributed by atoms with van der Waals surface area (Å²) in [5, 5.41) is 2.15. The Labute approximate surface area is 195 Å². The lowest BCUT2D eigenvalue weighted by Gasteiger charge is -2.26. The predicted molar refractivity (Wildman–Crippen MR) is 141 cm³/mol. The summed E-state index contributed by atoms with van der Waals surface area (Å²) < 4.78 is 0. The quantitative estimate of drug-likeness (QED) is 0.360. The molecule has 0 amide bonds. The van der Waals surface area contributed by atoms with Crippen molar-refractivity contribution in [3.8, 4) is 0 Å². The monoisotopic (exact) mass is 439 g/mol. The van der Waals surface area contributed by atoms with Gasteiger partial charge in [-0.25, -0.2) is 9.97 Å². The van der Waals surface area contributed by atoms with E-state index in [0.717, 1.165) is 17.9 Å². The number of nitrogens with zero attached hydrogens (tertiary/aromatic N) is 3. The highest BCUT2D eigenvalue weighted by Crippen LogP contribution is 2.34. The third kappa shape index (κ3) is 5.40. The van der Waals surface area contributed by atoms with Crippen LogP contribution in [0.3, 0.4) is 0 Å². The van der Waals surface area contributed by atoms with Gasteiger partial charge in [0.15, 0.2) is 5.82 Å². The van der Waals surface area contributed by atoms with Crippen LogP contribution in [-0.4, -0.2) is 9.97 Å². The van der Waals surface area contributed by atoms with E-state index < -0.39 is 0 Å². The predicted octanol–water partition coefficient (Wildman–Crippen LogP) is 7.84. The summed E-state index contributed by atoms with van der Waals surface area (Å²) in [4.78, 5) is 12.5. The molecule has 0 spiro atoms. The Bertz CT molecular complexity index is 1140. The molecule has 2 aliphatic rings. The van der Waals surface area contributed by atoms with Crippen molar-refractivity contribution in [1.29, 1.82) is 0 Å². The summed E-state index contributed by atoms with van der Waals surface area (Å²) in [5.74, 6) is 1.59. The number of thiophene rings is 1. The largest absolute Gasteiger partial charge is 0.305 e. The summed E-state index contributed by atoms with van der Waals surface area (Å²) in [6.45, 7) is 15.3. The Morgan fingerprint density at radius 1 is 1.22 bits per heavy atom. The van der Waals surface area contributed by atoms with Crippen molar-refractivity contribution in [3.05, 3.63) is 120 Å². The van der Waals surface area contributed by atoms with E-state index in [0.29, 0.717) is 11.4 Å². The third-order valence-corrected chi connectivity index (χ3v) is 5.91. The van der Waals surface area contributed by atoms with Crippen LogP contribution < -0.4 is 4.90 Å². The lowest BCUT2D eigenvalue weighted by Crippen LogP contribution is -2.21. The van der Waals surface area contributed by atoms with Crippen LogP contribution in [0.2, 0.25) is 0 Å². The van der Waals surface area contributed by atoms with Crippen LogP contribution in [-0.2, 0) is 0 Å². The van der Waals surface area contributed by atoms with Crippen LogP contribution in [0, 0.1) is 5.92 Å². The first-order valence-corrected chi connectivity index (χ1v) is 11.5. The van der Waals surface area contributed by atoms with Crippen molar-refractivity contribution in [2.45, 2.75) is 20.3 Å². The zero-order chi connectivity index (χ0) is 22.9. The second kappa shape index (κ2) is 11.2. The smallest absolute Gasteiger partial charge is 0.160 e. The minimum atomic E-state index is 0.191. The number of fused-ring (bicyclic) bond motifs is 4. The van der Waals surface area contributed by atoms with Gasteiger partial charge in [-0.2, -0.15) is 0 Å². The first-order valence-electron chi connectivity index (χ1n) is 10.6. The van der Waals surface area contributed by atoms with Crippen LogP contribution in [0.5, 0.6) is 0 Å². The molecule has 4 heteroatoms. The molecule has 0 N–H and O–H groups in total. The Kier molecular flexibility index (Phi) is 8.12. The van der Waals surface area contributed by atoms with Crippen molar-refractivity contribution in [1.82, 2.24) is 9.97 Å². The summed E-state index contributed by atoms with van der Waals surface area (Å²) in [6.07, 6.45) is 23.6. The van der Waals surface area contributed by atoms with Gasteiger partial charge < -0.3 is 4.90 Å². The average Bonchev–Trinajstić information content (AvgIpc) is 3.28. The van der Waals surface area contributed by atoms with E-state index in [4.69, 9.17) is 4.98 Å².